The molecule has 0 radical (unpaired) electrons. The van der Waals surface area contributed by atoms with Crippen LogP contribution >= 0.6 is 0 Å². The van der Waals surface area contributed by atoms with Crippen LogP contribution in [0, 0.1) is 17.6 Å². The molecule has 0 bridgehead atoms. The summed E-state index contributed by atoms with van der Waals surface area (Å²) in [7, 11) is 0. The quantitative estimate of drug-likeness (QED) is 0.937. The van der Waals surface area contributed by atoms with E-state index in [4.69, 9.17) is 0 Å². The van der Waals surface area contributed by atoms with Gasteiger partial charge in [0.2, 0.25) is 5.95 Å². The zero-order valence-electron chi connectivity index (χ0n) is 13.3. The van der Waals surface area contributed by atoms with E-state index in [0.717, 1.165) is 38.1 Å². The Morgan fingerprint density at radius 1 is 1.21 bits per heavy atom. The molecular formula is C17H18F2N4O. The first-order valence-corrected chi connectivity index (χ1v) is 7.87. The van der Waals surface area contributed by atoms with Crippen molar-refractivity contribution in [3.8, 4) is 0 Å². The zero-order chi connectivity index (χ0) is 17.1. The summed E-state index contributed by atoms with van der Waals surface area (Å²) in [6.45, 7) is 3.93. The van der Waals surface area contributed by atoms with Crippen LogP contribution < -0.4 is 10.2 Å². The van der Waals surface area contributed by atoms with Crippen molar-refractivity contribution in [1.29, 1.82) is 0 Å². The predicted octanol–water partition coefficient (Wildman–Crippen LogP) is 3.24. The maximum absolute atomic E-state index is 13.2. The van der Waals surface area contributed by atoms with Crippen molar-refractivity contribution in [3.05, 3.63) is 47.8 Å². The van der Waals surface area contributed by atoms with Gasteiger partial charge in [-0.3, -0.25) is 4.79 Å². The van der Waals surface area contributed by atoms with Gasteiger partial charge in [-0.25, -0.2) is 18.7 Å². The summed E-state index contributed by atoms with van der Waals surface area (Å²) >= 11 is 0. The first-order chi connectivity index (χ1) is 11.5. The number of carbonyl (C=O) groups excluding carboxylic acids is 1. The summed E-state index contributed by atoms with van der Waals surface area (Å²) in [6.07, 6.45) is 3.66. The number of anilines is 2. The van der Waals surface area contributed by atoms with Gasteiger partial charge in [-0.1, -0.05) is 6.92 Å². The summed E-state index contributed by atoms with van der Waals surface area (Å²) in [5.74, 6) is -1.27. The summed E-state index contributed by atoms with van der Waals surface area (Å²) < 4.78 is 26.1. The van der Waals surface area contributed by atoms with Crippen LogP contribution in [-0.2, 0) is 0 Å². The number of piperidine rings is 1. The largest absolute Gasteiger partial charge is 0.341 e. The molecule has 1 aliphatic heterocycles. The van der Waals surface area contributed by atoms with Crippen molar-refractivity contribution in [3.63, 3.8) is 0 Å². The van der Waals surface area contributed by atoms with E-state index in [2.05, 4.69) is 22.2 Å². The second-order valence-electron chi connectivity index (χ2n) is 5.99. The van der Waals surface area contributed by atoms with Crippen LogP contribution in [-0.4, -0.2) is 29.0 Å². The van der Waals surface area contributed by atoms with Crippen molar-refractivity contribution in [1.82, 2.24) is 9.97 Å². The van der Waals surface area contributed by atoms with Gasteiger partial charge in [-0.15, -0.1) is 0 Å². The van der Waals surface area contributed by atoms with Crippen LogP contribution in [0.4, 0.5) is 20.4 Å². The number of amides is 1. The molecule has 0 saturated carbocycles. The van der Waals surface area contributed by atoms with E-state index in [0.29, 0.717) is 11.9 Å². The highest BCUT2D eigenvalue weighted by Gasteiger charge is 2.19. The summed E-state index contributed by atoms with van der Waals surface area (Å²) in [5, 5.41) is 2.51. The van der Waals surface area contributed by atoms with Gasteiger partial charge in [-0.2, -0.15) is 0 Å². The van der Waals surface area contributed by atoms with Crippen LogP contribution in [0.2, 0.25) is 0 Å². The number of carbonyl (C=O) groups is 1. The summed E-state index contributed by atoms with van der Waals surface area (Å²) in [4.78, 5) is 22.8. The number of nitrogens with one attached hydrogen (secondary N) is 1. The minimum Gasteiger partial charge on any atom is -0.341 e. The molecule has 0 atom stereocenters. The molecule has 0 spiro atoms. The molecule has 1 aromatic heterocycles. The highest BCUT2D eigenvalue weighted by molar-refractivity contribution is 6.02. The molecule has 5 nitrogen and oxygen atoms in total. The van der Waals surface area contributed by atoms with E-state index in [-0.39, 0.29) is 11.4 Å². The number of hydrogen-bond acceptors (Lipinski definition) is 4. The molecule has 0 unspecified atom stereocenters. The maximum Gasteiger partial charge on any atom is 0.274 e. The number of benzene rings is 1. The number of aromatic nitrogens is 2. The Bertz CT molecular complexity index is 745. The molecule has 126 valence electrons. The molecule has 1 aliphatic rings. The van der Waals surface area contributed by atoms with E-state index in [1.54, 1.807) is 0 Å². The van der Waals surface area contributed by atoms with Gasteiger partial charge < -0.3 is 10.2 Å². The Morgan fingerprint density at radius 3 is 2.67 bits per heavy atom. The van der Waals surface area contributed by atoms with Gasteiger partial charge in [0.25, 0.3) is 5.91 Å². The number of hydrogen-bond donors (Lipinski definition) is 1. The monoisotopic (exact) mass is 332 g/mol. The third kappa shape index (κ3) is 3.67. The zero-order valence-corrected chi connectivity index (χ0v) is 13.3. The number of rotatable bonds is 3. The fourth-order valence-corrected chi connectivity index (χ4v) is 2.60. The van der Waals surface area contributed by atoms with Crippen molar-refractivity contribution < 1.29 is 13.6 Å². The molecule has 1 amide bonds. The second kappa shape index (κ2) is 6.90. The lowest BCUT2D eigenvalue weighted by Crippen LogP contribution is -2.34. The van der Waals surface area contributed by atoms with Gasteiger partial charge >= 0.3 is 0 Å². The van der Waals surface area contributed by atoms with E-state index in [1.807, 2.05) is 4.90 Å². The molecule has 24 heavy (non-hydrogen) atoms. The lowest BCUT2D eigenvalue weighted by molar-refractivity contribution is 0.102. The molecule has 0 aliphatic carbocycles. The van der Waals surface area contributed by atoms with E-state index >= 15 is 0 Å². The van der Waals surface area contributed by atoms with Gasteiger partial charge in [0.15, 0.2) is 11.6 Å². The molecule has 3 rings (SSSR count). The molecular weight excluding hydrogens is 314 g/mol. The average molecular weight is 332 g/mol. The minimum atomic E-state index is -1.02. The Hall–Kier alpha value is -2.57. The van der Waals surface area contributed by atoms with Crippen LogP contribution in [0.5, 0.6) is 0 Å². The lowest BCUT2D eigenvalue weighted by Gasteiger charge is -2.30. The minimum absolute atomic E-state index is 0.172. The maximum atomic E-state index is 13.2. The average Bonchev–Trinajstić information content (AvgIpc) is 2.59. The summed E-state index contributed by atoms with van der Waals surface area (Å²) in [5.41, 5.74) is 0.356. The van der Waals surface area contributed by atoms with Crippen LogP contribution in [0.1, 0.15) is 30.3 Å². The molecule has 1 saturated heterocycles. The van der Waals surface area contributed by atoms with Crippen LogP contribution in [0.25, 0.3) is 0 Å². The standard InChI is InChI=1S/C17H18F2N4O/c1-11-5-8-23(9-6-11)17-20-7-4-15(22-17)16(24)21-12-2-3-13(18)14(19)10-12/h2-4,7,10-11H,5-6,8-9H2,1H3,(H,21,24). The highest BCUT2D eigenvalue weighted by atomic mass is 19.2. The van der Waals surface area contributed by atoms with Crippen molar-refractivity contribution in [2.75, 3.05) is 23.3 Å². The smallest absolute Gasteiger partial charge is 0.274 e. The fourth-order valence-electron chi connectivity index (χ4n) is 2.60. The SMILES string of the molecule is CC1CCN(c2nccc(C(=O)Nc3ccc(F)c(F)c3)n2)CC1. The molecule has 7 heteroatoms. The topological polar surface area (TPSA) is 58.1 Å². The van der Waals surface area contributed by atoms with Gasteiger partial charge in [-0.05, 0) is 37.0 Å². The summed E-state index contributed by atoms with van der Waals surface area (Å²) in [6, 6.07) is 4.68. The van der Waals surface area contributed by atoms with Gasteiger partial charge in [0, 0.05) is 31.0 Å². The van der Waals surface area contributed by atoms with Crippen molar-refractivity contribution in [2.24, 2.45) is 5.92 Å². The Balaban J connectivity index is 1.73. The van der Waals surface area contributed by atoms with Crippen LogP contribution in [0.3, 0.4) is 0 Å². The lowest BCUT2D eigenvalue weighted by atomic mass is 10.00. The first kappa shape index (κ1) is 16.3. The Kier molecular flexibility index (Phi) is 4.69. The van der Waals surface area contributed by atoms with Crippen LogP contribution in [0.15, 0.2) is 30.5 Å². The van der Waals surface area contributed by atoms with Crippen molar-refractivity contribution >= 4 is 17.5 Å². The van der Waals surface area contributed by atoms with E-state index in [1.165, 1.54) is 18.3 Å². The molecule has 1 fully saturated rings. The second-order valence-corrected chi connectivity index (χ2v) is 5.99. The van der Waals surface area contributed by atoms with Crippen molar-refractivity contribution in [2.45, 2.75) is 19.8 Å². The molecule has 2 aromatic rings. The number of nitrogens with zero attached hydrogens (tertiary/aromatic N) is 3. The number of halogens is 2. The van der Waals surface area contributed by atoms with Gasteiger partial charge in [0.1, 0.15) is 5.69 Å². The van der Waals surface area contributed by atoms with E-state index < -0.39 is 17.5 Å². The normalized spacial score (nSPS) is 15.4. The first-order valence-electron chi connectivity index (χ1n) is 7.87. The molecule has 1 aromatic carbocycles. The third-order valence-electron chi connectivity index (χ3n) is 4.12. The highest BCUT2D eigenvalue weighted by Crippen LogP contribution is 2.20. The Labute approximate surface area is 138 Å². The predicted molar refractivity (Wildman–Crippen MR) is 87.0 cm³/mol. The molecule has 2 heterocycles. The fraction of sp³-hybridized carbons (Fsp3) is 0.353. The van der Waals surface area contributed by atoms with E-state index in [9.17, 15) is 13.6 Å². The third-order valence-corrected chi connectivity index (χ3v) is 4.12. The molecule has 1 N–H and O–H groups in total. The van der Waals surface area contributed by atoms with Gasteiger partial charge in [0.05, 0.1) is 0 Å². The Morgan fingerprint density at radius 2 is 1.96 bits per heavy atom.